The number of imidazole rings is 1. The average molecular weight is 418 g/mol. The zero-order chi connectivity index (χ0) is 21.2. The molecule has 2 N–H and O–H groups in total. The number of benzene rings is 3. The second-order valence-corrected chi connectivity index (χ2v) is 8.32. The molecule has 3 aromatic carbocycles. The molecular weight excluding hydrogens is 390 g/mol. The lowest BCUT2D eigenvalue weighted by molar-refractivity contribution is 0.0559. The van der Waals surface area contributed by atoms with Crippen molar-refractivity contribution in [2.24, 2.45) is 0 Å². The first kappa shape index (κ1) is 19.8. The van der Waals surface area contributed by atoms with Crippen LogP contribution in [-0.4, -0.2) is 51.9 Å². The Balaban J connectivity index is 1.15. The zero-order valence-corrected chi connectivity index (χ0v) is 17.4. The topological polar surface area (TPSA) is 70.5 Å². The maximum Gasteiger partial charge on any atom is 0.326 e. The van der Waals surface area contributed by atoms with Crippen LogP contribution in [0.3, 0.4) is 0 Å². The average Bonchev–Trinajstić information content (AvgIpc) is 3.14. The molecule has 1 unspecified atom stereocenters. The number of aromatic amines is 1. The summed E-state index contributed by atoms with van der Waals surface area (Å²) in [5.41, 5.74) is 1.81. The number of likely N-dealkylation sites (tertiary alicyclic amines) is 1. The summed E-state index contributed by atoms with van der Waals surface area (Å²) in [6, 6.07) is 22.2. The minimum atomic E-state index is -0.557. The highest BCUT2D eigenvalue weighted by atomic mass is 16.5. The number of aliphatic hydroxyl groups is 1. The van der Waals surface area contributed by atoms with Gasteiger partial charge in [-0.15, -0.1) is 0 Å². The predicted molar refractivity (Wildman–Crippen MR) is 123 cm³/mol. The standard InChI is InChI=1S/C25H27N3O3/c29-21(17-31-22-10-9-18-5-1-2-6-19(18)15-22)16-27-13-11-20(12-14-27)28-24-8-4-3-7-23(24)26-25(28)30/h1-10,15,20-21,29H,11-14,16-17H2,(H,26,30). The van der Waals surface area contributed by atoms with Gasteiger partial charge in [-0.2, -0.15) is 0 Å². The van der Waals surface area contributed by atoms with Crippen molar-refractivity contribution < 1.29 is 9.84 Å². The molecular formula is C25H27N3O3. The van der Waals surface area contributed by atoms with Gasteiger partial charge in [0.25, 0.3) is 0 Å². The number of ether oxygens (including phenoxy) is 1. The van der Waals surface area contributed by atoms with Gasteiger partial charge in [0, 0.05) is 25.7 Å². The van der Waals surface area contributed by atoms with Crippen LogP contribution in [0, 0.1) is 0 Å². The third-order valence-corrected chi connectivity index (χ3v) is 6.18. The first-order chi connectivity index (χ1) is 15.2. The number of H-pyrrole nitrogens is 1. The van der Waals surface area contributed by atoms with E-state index < -0.39 is 6.10 Å². The number of para-hydroxylation sites is 2. The van der Waals surface area contributed by atoms with Crippen molar-refractivity contribution in [1.29, 1.82) is 0 Å². The fourth-order valence-corrected chi connectivity index (χ4v) is 4.60. The van der Waals surface area contributed by atoms with Crippen LogP contribution >= 0.6 is 0 Å². The van der Waals surface area contributed by atoms with E-state index in [0.29, 0.717) is 6.54 Å². The summed E-state index contributed by atoms with van der Waals surface area (Å²) in [5, 5.41) is 12.8. The zero-order valence-electron chi connectivity index (χ0n) is 17.4. The van der Waals surface area contributed by atoms with Crippen LogP contribution in [0.1, 0.15) is 18.9 Å². The number of nitrogens with zero attached hydrogens (tertiary/aromatic N) is 2. The summed E-state index contributed by atoms with van der Waals surface area (Å²) in [4.78, 5) is 17.6. The van der Waals surface area contributed by atoms with Crippen molar-refractivity contribution in [3.05, 3.63) is 77.2 Å². The molecule has 1 saturated heterocycles. The molecule has 0 radical (unpaired) electrons. The smallest absolute Gasteiger partial charge is 0.326 e. The number of rotatable bonds is 6. The second kappa shape index (κ2) is 8.57. The maximum atomic E-state index is 12.4. The van der Waals surface area contributed by atoms with E-state index in [0.717, 1.165) is 48.1 Å². The van der Waals surface area contributed by atoms with Gasteiger partial charge in [-0.05, 0) is 47.9 Å². The molecule has 1 aliphatic rings. The Labute approximate surface area is 180 Å². The molecule has 0 bridgehead atoms. The minimum absolute atomic E-state index is 0.0385. The second-order valence-electron chi connectivity index (χ2n) is 8.32. The van der Waals surface area contributed by atoms with Gasteiger partial charge in [0.05, 0.1) is 11.0 Å². The number of hydrogen-bond donors (Lipinski definition) is 2. The first-order valence-corrected chi connectivity index (χ1v) is 10.9. The molecule has 2 heterocycles. The summed E-state index contributed by atoms with van der Waals surface area (Å²) >= 11 is 0. The lowest BCUT2D eigenvalue weighted by Crippen LogP contribution is -2.42. The lowest BCUT2D eigenvalue weighted by atomic mass is 10.0. The van der Waals surface area contributed by atoms with Crippen molar-refractivity contribution >= 4 is 21.8 Å². The van der Waals surface area contributed by atoms with Gasteiger partial charge in [0.2, 0.25) is 0 Å². The van der Waals surface area contributed by atoms with E-state index in [9.17, 15) is 9.90 Å². The molecule has 6 heteroatoms. The highest BCUT2D eigenvalue weighted by Crippen LogP contribution is 2.25. The number of piperidine rings is 1. The van der Waals surface area contributed by atoms with Crippen molar-refractivity contribution in [2.75, 3.05) is 26.2 Å². The normalized spacial score (nSPS) is 16.7. The number of aliphatic hydroxyl groups excluding tert-OH is 1. The van der Waals surface area contributed by atoms with Gasteiger partial charge in [0.15, 0.2) is 0 Å². The van der Waals surface area contributed by atoms with Crippen LogP contribution < -0.4 is 10.4 Å². The Morgan fingerprint density at radius 1 is 1.00 bits per heavy atom. The van der Waals surface area contributed by atoms with Crippen LogP contribution in [0.2, 0.25) is 0 Å². The number of aromatic nitrogens is 2. The minimum Gasteiger partial charge on any atom is -0.491 e. The van der Waals surface area contributed by atoms with E-state index in [1.807, 2.05) is 59.2 Å². The highest BCUT2D eigenvalue weighted by molar-refractivity contribution is 5.83. The predicted octanol–water partition coefficient (Wildman–Crippen LogP) is 3.56. The van der Waals surface area contributed by atoms with Crippen molar-refractivity contribution in [3.63, 3.8) is 0 Å². The molecule has 1 aromatic heterocycles. The van der Waals surface area contributed by atoms with E-state index in [1.165, 1.54) is 5.39 Å². The van der Waals surface area contributed by atoms with E-state index in [-0.39, 0.29) is 18.3 Å². The third kappa shape index (κ3) is 4.22. The summed E-state index contributed by atoms with van der Waals surface area (Å²) in [6.07, 6.45) is 1.22. The van der Waals surface area contributed by atoms with Crippen molar-refractivity contribution in [3.8, 4) is 5.75 Å². The fraction of sp³-hybridized carbons (Fsp3) is 0.320. The van der Waals surface area contributed by atoms with E-state index in [1.54, 1.807) is 0 Å². The summed E-state index contributed by atoms with van der Waals surface area (Å²) in [7, 11) is 0. The molecule has 0 saturated carbocycles. The molecule has 0 aliphatic carbocycles. The van der Waals surface area contributed by atoms with Crippen molar-refractivity contribution in [2.45, 2.75) is 25.0 Å². The van der Waals surface area contributed by atoms with Crippen molar-refractivity contribution in [1.82, 2.24) is 14.5 Å². The molecule has 6 nitrogen and oxygen atoms in total. The Morgan fingerprint density at radius 3 is 2.58 bits per heavy atom. The maximum absolute atomic E-state index is 12.4. The molecule has 5 rings (SSSR count). The van der Waals surface area contributed by atoms with Crippen LogP contribution in [-0.2, 0) is 0 Å². The van der Waals surface area contributed by atoms with Crippen LogP contribution in [0.15, 0.2) is 71.5 Å². The molecule has 1 fully saturated rings. The Hall–Kier alpha value is -3.09. The summed E-state index contributed by atoms with van der Waals surface area (Å²) < 4.78 is 7.73. The van der Waals surface area contributed by atoms with Gasteiger partial charge in [-0.25, -0.2) is 4.79 Å². The molecule has 0 amide bonds. The Bertz CT molecular complexity index is 1240. The van der Waals surface area contributed by atoms with Gasteiger partial charge in [-0.3, -0.25) is 4.57 Å². The number of nitrogens with one attached hydrogen (secondary N) is 1. The monoisotopic (exact) mass is 417 g/mol. The molecule has 4 aromatic rings. The van der Waals surface area contributed by atoms with Crippen LogP contribution in [0.4, 0.5) is 0 Å². The highest BCUT2D eigenvalue weighted by Gasteiger charge is 2.24. The van der Waals surface area contributed by atoms with Crippen LogP contribution in [0.5, 0.6) is 5.75 Å². The van der Waals surface area contributed by atoms with Gasteiger partial charge in [0.1, 0.15) is 18.5 Å². The molecule has 1 aliphatic heterocycles. The molecule has 160 valence electrons. The number of β-amino-alcohol motifs (C(OH)–C–C–N with tert-alkyl or cyclic N) is 1. The third-order valence-electron chi connectivity index (χ3n) is 6.18. The largest absolute Gasteiger partial charge is 0.491 e. The molecule has 1 atom stereocenters. The molecule has 0 spiro atoms. The van der Waals surface area contributed by atoms with Crippen LogP contribution in [0.25, 0.3) is 21.8 Å². The fourth-order valence-electron chi connectivity index (χ4n) is 4.60. The Kier molecular flexibility index (Phi) is 5.49. The SMILES string of the molecule is O=c1[nH]c2ccccc2n1C1CCN(CC(O)COc2ccc3ccccc3c2)CC1. The number of hydrogen-bond acceptors (Lipinski definition) is 4. The van der Waals surface area contributed by atoms with E-state index >= 15 is 0 Å². The summed E-state index contributed by atoms with van der Waals surface area (Å²) in [5.74, 6) is 0.773. The lowest BCUT2D eigenvalue weighted by Gasteiger charge is -2.33. The summed E-state index contributed by atoms with van der Waals surface area (Å²) in [6.45, 7) is 2.54. The first-order valence-electron chi connectivity index (χ1n) is 10.9. The van der Waals surface area contributed by atoms with Gasteiger partial charge in [-0.1, -0.05) is 42.5 Å². The quantitative estimate of drug-likeness (QED) is 0.503. The number of fused-ring (bicyclic) bond motifs is 2. The van der Waals surface area contributed by atoms with Gasteiger partial charge < -0.3 is 19.7 Å². The van der Waals surface area contributed by atoms with Gasteiger partial charge >= 0.3 is 5.69 Å². The Morgan fingerprint density at radius 2 is 1.74 bits per heavy atom. The molecule has 31 heavy (non-hydrogen) atoms. The van der Waals surface area contributed by atoms with E-state index in [2.05, 4.69) is 22.0 Å². The van der Waals surface area contributed by atoms with E-state index in [4.69, 9.17) is 4.74 Å².